The highest BCUT2D eigenvalue weighted by Gasteiger charge is 2.56. The lowest BCUT2D eigenvalue weighted by molar-refractivity contribution is 0.744. The van der Waals surface area contributed by atoms with Crippen LogP contribution in [0.1, 0.15) is 0 Å². The largest absolute Gasteiger partial charge is 0.371 e. The topological polar surface area (TPSA) is 27.0 Å². The maximum absolute atomic E-state index is 8.80. The predicted octanol–water partition coefficient (Wildman–Crippen LogP) is 1.89. The molecule has 3 atom stereocenters. The van der Waals surface area contributed by atoms with Gasteiger partial charge in [0.25, 0.3) is 0 Å². The summed E-state index contributed by atoms with van der Waals surface area (Å²) in [6.07, 6.45) is 0. The molecule has 3 rings (SSSR count). The molecule has 0 aromatic heterocycles. The van der Waals surface area contributed by atoms with Gasteiger partial charge in [0.2, 0.25) is 0 Å². The Hall–Kier alpha value is -1.49. The zero-order chi connectivity index (χ0) is 9.54. The molecule has 0 amide bonds. The van der Waals surface area contributed by atoms with Gasteiger partial charge in [-0.25, -0.2) is 0 Å². The van der Waals surface area contributed by atoms with Crippen LogP contribution in [0.15, 0.2) is 30.3 Å². The van der Waals surface area contributed by atoms with Crippen LogP contribution in [0, 0.1) is 29.1 Å². The van der Waals surface area contributed by atoms with Crippen LogP contribution in [0.5, 0.6) is 0 Å². The molecule has 14 heavy (non-hydrogen) atoms. The Bertz CT molecular complexity index is 367. The summed E-state index contributed by atoms with van der Waals surface area (Å²) < 4.78 is 0. The molecular weight excluding hydrogens is 172 g/mol. The molecule has 2 fully saturated rings. The number of nitrogens with zero attached hydrogens (tertiary/aromatic N) is 2. The number of rotatable bonds is 1. The van der Waals surface area contributed by atoms with Crippen molar-refractivity contribution < 1.29 is 0 Å². The van der Waals surface area contributed by atoms with E-state index in [2.05, 4.69) is 35.2 Å². The van der Waals surface area contributed by atoms with Gasteiger partial charge in [0, 0.05) is 18.8 Å². The average Bonchev–Trinajstić information content (AvgIpc) is 2.72. The fraction of sp³-hybridized carbons (Fsp3) is 0.417. The van der Waals surface area contributed by atoms with Gasteiger partial charge in [0.15, 0.2) is 0 Å². The molecule has 2 aliphatic rings. The zero-order valence-corrected chi connectivity index (χ0v) is 7.93. The second-order valence-electron chi connectivity index (χ2n) is 4.22. The standard InChI is InChI=1S/C12H12N2/c13-6-10-11-7-14(8-12(10)11)9-4-2-1-3-5-9/h1-5,10-12H,7-8H2/t10?,11-,12+. The second kappa shape index (κ2) is 2.75. The Kier molecular flexibility index (Phi) is 1.55. The van der Waals surface area contributed by atoms with Crippen LogP contribution in [-0.4, -0.2) is 13.1 Å². The van der Waals surface area contributed by atoms with Gasteiger partial charge >= 0.3 is 0 Å². The highest BCUT2D eigenvalue weighted by atomic mass is 15.2. The van der Waals surface area contributed by atoms with Crippen molar-refractivity contribution in [3.8, 4) is 6.07 Å². The van der Waals surface area contributed by atoms with Gasteiger partial charge < -0.3 is 4.90 Å². The van der Waals surface area contributed by atoms with Gasteiger partial charge in [-0.1, -0.05) is 18.2 Å². The fourth-order valence-electron chi connectivity index (χ4n) is 2.57. The smallest absolute Gasteiger partial charge is 0.0663 e. The number of nitriles is 1. The van der Waals surface area contributed by atoms with E-state index in [0.717, 1.165) is 13.1 Å². The van der Waals surface area contributed by atoms with Crippen LogP contribution in [0.4, 0.5) is 5.69 Å². The summed E-state index contributed by atoms with van der Waals surface area (Å²) in [4.78, 5) is 2.39. The molecular formula is C12H12N2. The molecule has 1 unspecified atom stereocenters. The lowest BCUT2D eigenvalue weighted by Gasteiger charge is -2.20. The van der Waals surface area contributed by atoms with Crippen LogP contribution >= 0.6 is 0 Å². The third kappa shape index (κ3) is 1.02. The van der Waals surface area contributed by atoms with Crippen LogP contribution < -0.4 is 4.90 Å². The second-order valence-corrected chi connectivity index (χ2v) is 4.22. The Morgan fingerprint density at radius 3 is 2.36 bits per heavy atom. The van der Waals surface area contributed by atoms with Gasteiger partial charge in [-0.3, -0.25) is 0 Å². The van der Waals surface area contributed by atoms with E-state index in [1.807, 2.05) is 6.07 Å². The van der Waals surface area contributed by atoms with Crippen molar-refractivity contribution in [1.29, 1.82) is 5.26 Å². The summed E-state index contributed by atoms with van der Waals surface area (Å²) in [7, 11) is 0. The average molecular weight is 184 g/mol. The quantitative estimate of drug-likeness (QED) is 0.666. The minimum atomic E-state index is 0.356. The van der Waals surface area contributed by atoms with E-state index in [1.54, 1.807) is 0 Å². The van der Waals surface area contributed by atoms with E-state index in [0.29, 0.717) is 17.8 Å². The Morgan fingerprint density at radius 1 is 1.14 bits per heavy atom. The summed E-state index contributed by atoms with van der Waals surface area (Å²) in [6.45, 7) is 2.15. The lowest BCUT2D eigenvalue weighted by Crippen LogP contribution is -2.23. The van der Waals surface area contributed by atoms with E-state index < -0.39 is 0 Å². The van der Waals surface area contributed by atoms with E-state index >= 15 is 0 Å². The Balaban J connectivity index is 1.73. The lowest BCUT2D eigenvalue weighted by atomic mass is 10.2. The number of para-hydroxylation sites is 1. The third-order valence-electron chi connectivity index (χ3n) is 3.46. The van der Waals surface area contributed by atoms with Crippen LogP contribution in [0.3, 0.4) is 0 Å². The summed E-state index contributed by atoms with van der Waals surface area (Å²) in [5, 5.41) is 8.80. The molecule has 1 saturated heterocycles. The molecule has 70 valence electrons. The van der Waals surface area contributed by atoms with Crippen molar-refractivity contribution in [2.45, 2.75) is 0 Å². The van der Waals surface area contributed by atoms with Gasteiger partial charge in [-0.05, 0) is 24.0 Å². The molecule has 1 aromatic rings. The molecule has 0 bridgehead atoms. The number of benzene rings is 1. The summed E-state index contributed by atoms with van der Waals surface area (Å²) in [6, 6.07) is 12.9. The summed E-state index contributed by atoms with van der Waals surface area (Å²) in [5.74, 6) is 1.66. The number of piperidine rings is 1. The van der Waals surface area contributed by atoms with E-state index in [1.165, 1.54) is 5.69 Å². The van der Waals surface area contributed by atoms with Crippen LogP contribution in [0.25, 0.3) is 0 Å². The monoisotopic (exact) mass is 184 g/mol. The first kappa shape index (κ1) is 7.87. The zero-order valence-electron chi connectivity index (χ0n) is 7.93. The molecule has 2 nitrogen and oxygen atoms in total. The van der Waals surface area contributed by atoms with Crippen LogP contribution in [0.2, 0.25) is 0 Å². The minimum Gasteiger partial charge on any atom is -0.371 e. The molecule has 1 aliphatic carbocycles. The van der Waals surface area contributed by atoms with Gasteiger partial charge in [-0.2, -0.15) is 5.26 Å². The number of fused-ring (bicyclic) bond motifs is 1. The first-order valence-electron chi connectivity index (χ1n) is 5.10. The number of hydrogen-bond donors (Lipinski definition) is 0. The van der Waals surface area contributed by atoms with Crippen molar-refractivity contribution in [2.75, 3.05) is 18.0 Å². The maximum atomic E-state index is 8.80. The minimum absolute atomic E-state index is 0.356. The van der Waals surface area contributed by atoms with Crippen molar-refractivity contribution >= 4 is 5.69 Å². The molecule has 1 aliphatic heterocycles. The molecule has 1 aromatic carbocycles. The Labute approximate surface area is 83.8 Å². The number of hydrogen-bond acceptors (Lipinski definition) is 2. The molecule has 0 spiro atoms. The Morgan fingerprint density at radius 2 is 1.79 bits per heavy atom. The highest BCUT2D eigenvalue weighted by molar-refractivity contribution is 5.49. The van der Waals surface area contributed by atoms with Gasteiger partial charge in [0.05, 0.1) is 12.0 Å². The highest BCUT2D eigenvalue weighted by Crippen LogP contribution is 2.51. The van der Waals surface area contributed by atoms with Crippen molar-refractivity contribution in [3.63, 3.8) is 0 Å². The van der Waals surface area contributed by atoms with Crippen molar-refractivity contribution in [3.05, 3.63) is 30.3 Å². The SMILES string of the molecule is N#CC1[C@H]2CN(c3ccccc3)C[C@@H]12. The van der Waals surface area contributed by atoms with E-state index in [4.69, 9.17) is 5.26 Å². The first-order chi connectivity index (χ1) is 6.90. The van der Waals surface area contributed by atoms with Crippen molar-refractivity contribution in [1.82, 2.24) is 0 Å². The predicted molar refractivity (Wildman–Crippen MR) is 54.7 cm³/mol. The van der Waals surface area contributed by atoms with E-state index in [9.17, 15) is 0 Å². The molecule has 0 radical (unpaired) electrons. The van der Waals surface area contributed by atoms with Crippen molar-refractivity contribution in [2.24, 2.45) is 17.8 Å². The molecule has 1 heterocycles. The third-order valence-corrected chi connectivity index (χ3v) is 3.46. The van der Waals surface area contributed by atoms with E-state index in [-0.39, 0.29) is 0 Å². The summed E-state index contributed by atoms with van der Waals surface area (Å²) >= 11 is 0. The first-order valence-corrected chi connectivity index (χ1v) is 5.10. The fourth-order valence-corrected chi connectivity index (χ4v) is 2.57. The van der Waals surface area contributed by atoms with Crippen LogP contribution in [-0.2, 0) is 0 Å². The number of anilines is 1. The molecule has 2 heteroatoms. The van der Waals surface area contributed by atoms with Gasteiger partial charge in [0.1, 0.15) is 0 Å². The maximum Gasteiger partial charge on any atom is 0.0663 e. The summed E-state index contributed by atoms with van der Waals surface area (Å²) in [5.41, 5.74) is 1.30. The molecule has 1 saturated carbocycles. The normalized spacial score (nSPS) is 33.6. The van der Waals surface area contributed by atoms with Gasteiger partial charge in [-0.15, -0.1) is 0 Å². The molecule has 0 N–H and O–H groups in total.